The van der Waals surface area contributed by atoms with Crippen LogP contribution in [-0.2, 0) is 9.73 Å². The van der Waals surface area contributed by atoms with Gasteiger partial charge in [0.2, 0.25) is 0 Å². The van der Waals surface area contributed by atoms with Crippen molar-refractivity contribution in [3.63, 3.8) is 0 Å². The molecule has 11 heavy (non-hydrogen) atoms. The molecule has 0 rings (SSSR count). The van der Waals surface area contributed by atoms with E-state index in [0.29, 0.717) is 0 Å². The van der Waals surface area contributed by atoms with Crippen LogP contribution in [0.25, 0.3) is 0 Å². The summed E-state index contributed by atoms with van der Waals surface area (Å²) in [5, 5.41) is 0. The maximum Gasteiger partial charge on any atom is 0.155 e. The smallest absolute Gasteiger partial charge is 0.155 e. The Balaban J connectivity index is 5.11. The van der Waals surface area contributed by atoms with Crippen molar-refractivity contribution in [1.82, 2.24) is 0 Å². The summed E-state index contributed by atoms with van der Waals surface area (Å²) < 4.78 is 18.6. The van der Waals surface area contributed by atoms with Gasteiger partial charge in [0, 0.05) is 0 Å². The Morgan fingerprint density at radius 2 is 1.27 bits per heavy atom. The summed E-state index contributed by atoms with van der Waals surface area (Å²) in [6.45, 7) is 3.64. The standard InChI is InChI=1S/C4H7I4NOS/c1-3(5,6)11(9,10)4(2,7)8/h9H,1-2H3. The van der Waals surface area contributed by atoms with Crippen LogP contribution in [0.2, 0.25) is 0 Å². The van der Waals surface area contributed by atoms with Gasteiger partial charge in [-0.3, -0.25) is 0 Å². The topological polar surface area (TPSA) is 40.9 Å². The molecule has 0 aliphatic carbocycles. The van der Waals surface area contributed by atoms with Crippen molar-refractivity contribution < 1.29 is 4.21 Å². The summed E-state index contributed by atoms with van der Waals surface area (Å²) in [6, 6.07) is 0. The number of nitrogens with one attached hydrogen (secondary N) is 1. The van der Waals surface area contributed by atoms with E-state index in [0.717, 1.165) is 0 Å². The molecule has 0 spiro atoms. The maximum atomic E-state index is 11.9. The Labute approximate surface area is 122 Å². The van der Waals surface area contributed by atoms with E-state index in [-0.39, 0.29) is 0 Å². The zero-order chi connectivity index (χ0) is 9.50. The molecule has 0 aliphatic heterocycles. The Kier molecular flexibility index (Phi) is 5.25. The van der Waals surface area contributed by atoms with E-state index in [9.17, 15) is 4.21 Å². The third-order valence-electron chi connectivity index (χ3n) is 1.01. The van der Waals surface area contributed by atoms with E-state index in [2.05, 4.69) is 90.4 Å². The van der Waals surface area contributed by atoms with Gasteiger partial charge >= 0.3 is 0 Å². The molecule has 0 bridgehead atoms. The van der Waals surface area contributed by atoms with Crippen LogP contribution in [0.5, 0.6) is 0 Å². The highest BCUT2D eigenvalue weighted by Gasteiger charge is 2.41. The zero-order valence-corrected chi connectivity index (χ0v) is 15.3. The summed E-state index contributed by atoms with van der Waals surface area (Å²) in [5.41, 5.74) is 0. The average Bonchev–Trinajstić information content (AvgIpc) is 1.58. The fourth-order valence-corrected chi connectivity index (χ4v) is 11.3. The molecule has 0 unspecified atom stereocenters. The van der Waals surface area contributed by atoms with Crippen molar-refractivity contribution >= 4 is 100 Å². The first-order valence-corrected chi connectivity index (χ1v) is 8.41. The summed E-state index contributed by atoms with van der Waals surface area (Å²) in [6.07, 6.45) is 0. The Bertz CT molecular complexity index is 214. The predicted octanol–water partition coefficient (Wildman–Crippen LogP) is 4.12. The monoisotopic (exact) mass is 625 g/mol. The van der Waals surface area contributed by atoms with Crippen molar-refractivity contribution in [1.29, 1.82) is 4.78 Å². The van der Waals surface area contributed by atoms with Gasteiger partial charge in [-0.05, 0) is 13.8 Å². The number of rotatable bonds is 2. The highest BCUT2D eigenvalue weighted by Crippen LogP contribution is 2.47. The van der Waals surface area contributed by atoms with Gasteiger partial charge in [-0.15, -0.1) is 0 Å². The van der Waals surface area contributed by atoms with Crippen LogP contribution in [0, 0.1) is 4.78 Å². The second-order valence-electron chi connectivity index (χ2n) is 2.17. The second kappa shape index (κ2) is 4.16. The fourth-order valence-electron chi connectivity index (χ4n) is 0.315. The third-order valence-corrected chi connectivity index (χ3v) is 10.5. The largest absolute Gasteiger partial charge is 0.249 e. The van der Waals surface area contributed by atoms with Crippen LogP contribution < -0.4 is 0 Å². The minimum atomic E-state index is -2.57. The third kappa shape index (κ3) is 3.49. The van der Waals surface area contributed by atoms with Crippen LogP contribution in [0.1, 0.15) is 13.8 Å². The van der Waals surface area contributed by atoms with Crippen LogP contribution in [0.15, 0.2) is 0 Å². The molecule has 2 nitrogen and oxygen atoms in total. The number of hydrogen-bond donors (Lipinski definition) is 1. The molecule has 1 N–H and O–H groups in total. The minimum absolute atomic E-state index is 0.500. The molecule has 0 saturated carbocycles. The lowest BCUT2D eigenvalue weighted by Gasteiger charge is -2.27. The van der Waals surface area contributed by atoms with Gasteiger partial charge in [-0.2, -0.15) is 0 Å². The molecule has 0 heterocycles. The van der Waals surface area contributed by atoms with Gasteiger partial charge in [0.15, 0.2) is 1.52 Å². The minimum Gasteiger partial charge on any atom is -0.249 e. The summed E-state index contributed by atoms with van der Waals surface area (Å²) in [7, 11) is -2.57. The molecule has 0 fully saturated rings. The van der Waals surface area contributed by atoms with E-state index in [1.807, 2.05) is 13.8 Å². The highest BCUT2D eigenvalue weighted by atomic mass is 127. The Morgan fingerprint density at radius 1 is 1.09 bits per heavy atom. The number of hydrogen-bond acceptors (Lipinski definition) is 2. The second-order valence-corrected chi connectivity index (χ2v) is 20.6. The van der Waals surface area contributed by atoms with Gasteiger partial charge in [0.05, 0.1) is 9.73 Å². The molecule has 7 heteroatoms. The zero-order valence-electron chi connectivity index (χ0n) is 5.83. The van der Waals surface area contributed by atoms with E-state index < -0.39 is 11.2 Å². The molecular weight excluding hydrogens is 618 g/mol. The number of halogens is 4. The van der Waals surface area contributed by atoms with Crippen molar-refractivity contribution in [2.45, 2.75) is 15.4 Å². The van der Waals surface area contributed by atoms with E-state index >= 15 is 0 Å². The highest BCUT2D eigenvalue weighted by molar-refractivity contribution is 14.2. The summed E-state index contributed by atoms with van der Waals surface area (Å²) in [4.78, 5) is 0. The predicted molar refractivity (Wildman–Crippen MR) is 83.8 cm³/mol. The van der Waals surface area contributed by atoms with Gasteiger partial charge in [0.1, 0.15) is 0 Å². The molecule has 0 aromatic rings. The van der Waals surface area contributed by atoms with Crippen molar-refractivity contribution in [2.24, 2.45) is 0 Å². The van der Waals surface area contributed by atoms with Crippen molar-refractivity contribution in [2.75, 3.05) is 0 Å². The lowest BCUT2D eigenvalue weighted by molar-refractivity contribution is 0.673. The van der Waals surface area contributed by atoms with Gasteiger partial charge in [-0.1, -0.05) is 90.4 Å². The van der Waals surface area contributed by atoms with E-state index in [4.69, 9.17) is 4.78 Å². The van der Waals surface area contributed by atoms with Crippen LogP contribution in [0.3, 0.4) is 0 Å². The molecule has 68 valence electrons. The molecule has 0 saturated heterocycles. The normalized spacial score (nSPS) is 15.1. The fraction of sp³-hybridized carbons (Fsp3) is 1.00. The Hall–Kier alpha value is 2.87. The lowest BCUT2D eigenvalue weighted by Crippen LogP contribution is -2.31. The number of alkyl halides is 4. The molecule has 0 aromatic carbocycles. The molecular formula is C4H7I4NOS. The first kappa shape index (κ1) is 13.9. The average molecular weight is 625 g/mol. The van der Waals surface area contributed by atoms with Crippen LogP contribution in [-0.4, -0.2) is 5.73 Å². The van der Waals surface area contributed by atoms with E-state index in [1.165, 1.54) is 0 Å². The van der Waals surface area contributed by atoms with Gasteiger partial charge in [-0.25, -0.2) is 8.99 Å². The van der Waals surface area contributed by atoms with Crippen molar-refractivity contribution in [3.05, 3.63) is 0 Å². The first-order valence-electron chi connectivity index (χ1n) is 2.53. The summed E-state index contributed by atoms with van der Waals surface area (Å²) >= 11 is 8.23. The quantitative estimate of drug-likeness (QED) is 0.365. The van der Waals surface area contributed by atoms with Crippen LogP contribution in [0.4, 0.5) is 0 Å². The molecule has 0 radical (unpaired) electrons. The van der Waals surface area contributed by atoms with Crippen LogP contribution >= 0.6 is 90.4 Å². The lowest BCUT2D eigenvalue weighted by atomic mass is 11.0. The molecule has 0 aliphatic rings. The van der Waals surface area contributed by atoms with Gasteiger partial charge in [0.25, 0.3) is 0 Å². The van der Waals surface area contributed by atoms with Gasteiger partial charge < -0.3 is 0 Å². The SMILES string of the molecule is CC(I)(I)S(=N)(=O)C(C)(I)I. The van der Waals surface area contributed by atoms with Crippen molar-refractivity contribution in [3.8, 4) is 0 Å². The Morgan fingerprint density at radius 3 is 1.27 bits per heavy atom. The first-order chi connectivity index (χ1) is 4.50. The summed E-state index contributed by atoms with van der Waals surface area (Å²) in [5.74, 6) is 0. The van der Waals surface area contributed by atoms with E-state index in [1.54, 1.807) is 0 Å². The molecule has 0 aromatic heterocycles. The molecule has 0 amide bonds. The molecule has 0 atom stereocenters. The maximum absolute atomic E-state index is 11.9.